The molecule has 0 fully saturated rings. The molecule has 2 amide bonds. The third kappa shape index (κ3) is 6.13. The van der Waals surface area contributed by atoms with Gasteiger partial charge < -0.3 is 10.6 Å². The van der Waals surface area contributed by atoms with Crippen molar-refractivity contribution < 1.29 is 9.59 Å². The van der Waals surface area contributed by atoms with Crippen LogP contribution in [0.1, 0.15) is 39.2 Å². The number of amides is 2. The van der Waals surface area contributed by atoms with Gasteiger partial charge in [0.2, 0.25) is 11.8 Å². The molecule has 0 aromatic heterocycles. The first-order chi connectivity index (χ1) is 10.1. The Hall–Kier alpha value is -2.28. The highest BCUT2D eigenvalue weighted by Gasteiger charge is 2.12. The van der Waals surface area contributed by atoms with E-state index < -0.39 is 0 Å². The number of hydrogen-bond acceptors (Lipinski definition) is 2. The Morgan fingerprint density at radius 3 is 2.29 bits per heavy atom. The first-order valence-electron chi connectivity index (χ1n) is 7.21. The van der Waals surface area contributed by atoms with E-state index >= 15 is 0 Å². The smallest absolute Gasteiger partial charge is 0.223 e. The zero-order valence-corrected chi connectivity index (χ0v) is 12.8. The molecular formula is C17H22N2O2. The summed E-state index contributed by atoms with van der Waals surface area (Å²) in [6.45, 7) is 5.84. The third-order valence-electron chi connectivity index (χ3n) is 3.15. The molecule has 4 heteroatoms. The first kappa shape index (κ1) is 16.8. The van der Waals surface area contributed by atoms with E-state index in [2.05, 4.69) is 22.5 Å². The number of hydrogen-bond donors (Lipinski definition) is 2. The molecule has 0 unspecified atom stereocenters. The van der Waals surface area contributed by atoms with Crippen molar-refractivity contribution >= 4 is 17.5 Å². The maximum absolute atomic E-state index is 11.7. The fraction of sp³-hybridized carbons (Fsp3) is 0.412. The topological polar surface area (TPSA) is 58.2 Å². The Balaban J connectivity index is 2.48. The molecule has 0 radical (unpaired) electrons. The van der Waals surface area contributed by atoms with Crippen LogP contribution in [0.4, 0.5) is 5.69 Å². The minimum Gasteiger partial charge on any atom is -0.345 e. The maximum Gasteiger partial charge on any atom is 0.223 e. The van der Waals surface area contributed by atoms with Crippen molar-refractivity contribution in [1.82, 2.24) is 5.32 Å². The van der Waals surface area contributed by atoms with E-state index in [0.29, 0.717) is 6.54 Å². The summed E-state index contributed by atoms with van der Waals surface area (Å²) < 4.78 is 0. The summed E-state index contributed by atoms with van der Waals surface area (Å²) >= 11 is 0. The van der Waals surface area contributed by atoms with Crippen molar-refractivity contribution in [2.75, 3.05) is 11.9 Å². The molecule has 0 aliphatic carbocycles. The van der Waals surface area contributed by atoms with Gasteiger partial charge in [-0.1, -0.05) is 25.7 Å². The summed E-state index contributed by atoms with van der Waals surface area (Å²) in [4.78, 5) is 22.6. The molecule has 0 spiro atoms. The van der Waals surface area contributed by atoms with Gasteiger partial charge in [-0.3, -0.25) is 9.59 Å². The lowest BCUT2D eigenvalue weighted by Crippen LogP contribution is -2.30. The molecule has 4 nitrogen and oxygen atoms in total. The van der Waals surface area contributed by atoms with Gasteiger partial charge in [-0.2, -0.15) is 0 Å². The highest BCUT2D eigenvalue weighted by atomic mass is 16.2. The van der Waals surface area contributed by atoms with E-state index in [1.165, 1.54) is 6.92 Å². The van der Waals surface area contributed by atoms with Crippen LogP contribution < -0.4 is 10.6 Å². The van der Waals surface area contributed by atoms with Crippen molar-refractivity contribution in [3.8, 4) is 11.8 Å². The van der Waals surface area contributed by atoms with Crippen LogP contribution in [0.5, 0.6) is 0 Å². The van der Waals surface area contributed by atoms with Crippen molar-refractivity contribution in [1.29, 1.82) is 0 Å². The Bertz CT molecular complexity index is 534. The fourth-order valence-electron chi connectivity index (χ4n) is 1.92. The number of carbonyl (C=O) groups excluding carboxylic acids is 2. The molecule has 0 aliphatic rings. The molecule has 2 N–H and O–H groups in total. The zero-order valence-electron chi connectivity index (χ0n) is 12.8. The lowest BCUT2D eigenvalue weighted by Gasteiger charge is -2.10. The number of rotatable bonds is 5. The molecule has 0 atom stereocenters. The quantitative estimate of drug-likeness (QED) is 0.817. The second kappa shape index (κ2) is 8.80. The maximum atomic E-state index is 11.7. The summed E-state index contributed by atoms with van der Waals surface area (Å²) in [6.07, 6.45) is 1.70. The normalized spacial score (nSPS) is 9.71. The SMILES string of the molecule is CCC(CC)C(=O)NCC#Cc1ccc(NC(C)=O)cc1. The third-order valence-corrected chi connectivity index (χ3v) is 3.15. The van der Waals surface area contributed by atoms with Gasteiger partial charge >= 0.3 is 0 Å². The predicted molar refractivity (Wildman–Crippen MR) is 84.7 cm³/mol. The van der Waals surface area contributed by atoms with Crippen LogP contribution in [-0.4, -0.2) is 18.4 Å². The van der Waals surface area contributed by atoms with Crippen LogP contribution in [0.2, 0.25) is 0 Å². The highest BCUT2D eigenvalue weighted by Crippen LogP contribution is 2.08. The molecule has 1 rings (SSSR count). The second-order valence-corrected chi connectivity index (χ2v) is 4.79. The predicted octanol–water partition coefficient (Wildman–Crippen LogP) is 2.55. The zero-order chi connectivity index (χ0) is 15.7. The molecule has 0 saturated heterocycles. The van der Waals surface area contributed by atoms with Crippen LogP contribution in [-0.2, 0) is 9.59 Å². The average Bonchev–Trinajstić information content (AvgIpc) is 2.46. The van der Waals surface area contributed by atoms with E-state index in [1.54, 1.807) is 12.1 Å². The number of anilines is 1. The molecule has 0 bridgehead atoms. The summed E-state index contributed by atoms with van der Waals surface area (Å²) in [6, 6.07) is 7.27. The Kier molecular flexibility index (Phi) is 7.03. The van der Waals surface area contributed by atoms with E-state index in [9.17, 15) is 9.59 Å². The van der Waals surface area contributed by atoms with Crippen molar-refractivity contribution in [3.05, 3.63) is 29.8 Å². The Morgan fingerprint density at radius 1 is 1.14 bits per heavy atom. The van der Waals surface area contributed by atoms with E-state index in [4.69, 9.17) is 0 Å². The van der Waals surface area contributed by atoms with Gasteiger partial charge in [0.15, 0.2) is 0 Å². The Labute approximate surface area is 126 Å². The molecule has 21 heavy (non-hydrogen) atoms. The monoisotopic (exact) mass is 286 g/mol. The molecule has 0 aliphatic heterocycles. The number of benzene rings is 1. The molecule has 0 heterocycles. The standard InChI is InChI=1S/C17H22N2O2/c1-4-15(5-2)17(21)18-12-6-7-14-8-10-16(11-9-14)19-13(3)20/h8-11,15H,4-5,12H2,1-3H3,(H,18,21)(H,19,20). The summed E-state index contributed by atoms with van der Waals surface area (Å²) in [5, 5.41) is 5.52. The lowest BCUT2D eigenvalue weighted by molar-refractivity contribution is -0.124. The van der Waals surface area contributed by atoms with Gasteiger partial charge in [-0.15, -0.1) is 0 Å². The largest absolute Gasteiger partial charge is 0.345 e. The average molecular weight is 286 g/mol. The molecule has 1 aromatic rings. The second-order valence-electron chi connectivity index (χ2n) is 4.79. The van der Waals surface area contributed by atoms with Gasteiger partial charge in [-0.05, 0) is 37.1 Å². The molecule has 0 saturated carbocycles. The van der Waals surface area contributed by atoms with Gasteiger partial charge in [0.05, 0.1) is 6.54 Å². The highest BCUT2D eigenvalue weighted by molar-refractivity contribution is 5.88. The van der Waals surface area contributed by atoms with Gasteiger partial charge in [0, 0.05) is 24.1 Å². The minimum absolute atomic E-state index is 0.0651. The Morgan fingerprint density at radius 2 is 1.76 bits per heavy atom. The van der Waals surface area contributed by atoms with Crippen LogP contribution in [0.25, 0.3) is 0 Å². The van der Waals surface area contributed by atoms with Crippen LogP contribution in [0, 0.1) is 17.8 Å². The van der Waals surface area contributed by atoms with Gasteiger partial charge in [0.1, 0.15) is 0 Å². The minimum atomic E-state index is -0.0991. The van der Waals surface area contributed by atoms with Crippen molar-refractivity contribution in [2.24, 2.45) is 5.92 Å². The van der Waals surface area contributed by atoms with Crippen LogP contribution in [0.15, 0.2) is 24.3 Å². The van der Waals surface area contributed by atoms with Crippen LogP contribution in [0.3, 0.4) is 0 Å². The molecular weight excluding hydrogens is 264 g/mol. The van der Waals surface area contributed by atoms with E-state index in [0.717, 1.165) is 24.1 Å². The summed E-state index contributed by atoms with van der Waals surface area (Å²) in [5.74, 6) is 5.94. The first-order valence-corrected chi connectivity index (χ1v) is 7.21. The van der Waals surface area contributed by atoms with Crippen molar-refractivity contribution in [2.45, 2.75) is 33.6 Å². The number of carbonyl (C=O) groups is 2. The summed E-state index contributed by atoms with van der Waals surface area (Å²) in [5.41, 5.74) is 1.59. The lowest BCUT2D eigenvalue weighted by atomic mass is 10.0. The molecule has 1 aromatic carbocycles. The van der Waals surface area contributed by atoms with Crippen LogP contribution >= 0.6 is 0 Å². The fourth-order valence-corrected chi connectivity index (χ4v) is 1.92. The van der Waals surface area contributed by atoms with E-state index in [1.807, 2.05) is 26.0 Å². The van der Waals surface area contributed by atoms with Gasteiger partial charge in [0.25, 0.3) is 0 Å². The summed E-state index contributed by atoms with van der Waals surface area (Å²) in [7, 11) is 0. The number of nitrogens with one attached hydrogen (secondary N) is 2. The van der Waals surface area contributed by atoms with E-state index in [-0.39, 0.29) is 17.7 Å². The van der Waals surface area contributed by atoms with Gasteiger partial charge in [-0.25, -0.2) is 0 Å². The van der Waals surface area contributed by atoms with Crippen molar-refractivity contribution in [3.63, 3.8) is 0 Å². The molecule has 112 valence electrons.